The lowest BCUT2D eigenvalue weighted by Crippen LogP contribution is -2.42. The summed E-state index contributed by atoms with van der Waals surface area (Å²) in [4.78, 5) is 48.7. The second-order valence-electron chi connectivity index (χ2n) is 5.82. The standard InChI is InChI=1S/C17H21N3O5/c1-3-9-18-13(21)11-25-14(22)10-20-15(23)17(2,19-16(20)24)12-7-5-4-6-8-12/h4-8H,3,9-11H2,1-2H3,(H,18,21)(H,19,24)/t17-/m0/s1. The fraction of sp³-hybridized carbons (Fsp3) is 0.412. The number of rotatable bonds is 7. The highest BCUT2D eigenvalue weighted by Crippen LogP contribution is 2.28. The van der Waals surface area contributed by atoms with Gasteiger partial charge in [0.25, 0.3) is 11.8 Å². The molecule has 1 atom stereocenters. The molecule has 1 aliphatic heterocycles. The van der Waals surface area contributed by atoms with Gasteiger partial charge in [-0.1, -0.05) is 37.3 Å². The first-order valence-corrected chi connectivity index (χ1v) is 8.00. The van der Waals surface area contributed by atoms with E-state index in [4.69, 9.17) is 4.74 Å². The Balaban J connectivity index is 1.96. The number of carbonyl (C=O) groups excluding carboxylic acids is 4. The number of nitrogens with zero attached hydrogens (tertiary/aromatic N) is 1. The summed E-state index contributed by atoms with van der Waals surface area (Å²) in [6.07, 6.45) is 0.764. The molecule has 1 heterocycles. The van der Waals surface area contributed by atoms with E-state index in [1.165, 1.54) is 0 Å². The van der Waals surface area contributed by atoms with Crippen LogP contribution < -0.4 is 10.6 Å². The number of imide groups is 1. The molecule has 0 aliphatic carbocycles. The summed E-state index contributed by atoms with van der Waals surface area (Å²) < 4.78 is 4.81. The van der Waals surface area contributed by atoms with Crippen LogP contribution in [0.5, 0.6) is 0 Å². The van der Waals surface area contributed by atoms with Gasteiger partial charge in [0.05, 0.1) is 0 Å². The summed E-state index contributed by atoms with van der Waals surface area (Å²) >= 11 is 0. The number of hydrogen-bond acceptors (Lipinski definition) is 5. The minimum absolute atomic E-state index is 0.429. The van der Waals surface area contributed by atoms with Crippen LogP contribution in [0.15, 0.2) is 30.3 Å². The van der Waals surface area contributed by atoms with Crippen molar-refractivity contribution >= 4 is 23.8 Å². The Morgan fingerprint density at radius 3 is 2.56 bits per heavy atom. The van der Waals surface area contributed by atoms with Gasteiger partial charge in [-0.25, -0.2) is 4.79 Å². The first kappa shape index (κ1) is 18.4. The molecule has 0 saturated carbocycles. The monoisotopic (exact) mass is 347 g/mol. The average molecular weight is 347 g/mol. The predicted molar refractivity (Wildman–Crippen MR) is 88.3 cm³/mol. The normalized spacial score (nSPS) is 19.5. The van der Waals surface area contributed by atoms with E-state index in [2.05, 4.69) is 10.6 Å². The van der Waals surface area contributed by atoms with Crippen LogP contribution in [0.1, 0.15) is 25.8 Å². The van der Waals surface area contributed by atoms with E-state index in [-0.39, 0.29) is 0 Å². The lowest BCUT2D eigenvalue weighted by molar-refractivity contribution is -0.151. The Kier molecular flexibility index (Phi) is 5.74. The van der Waals surface area contributed by atoms with E-state index in [1.807, 2.05) is 6.92 Å². The van der Waals surface area contributed by atoms with Crippen molar-refractivity contribution in [3.05, 3.63) is 35.9 Å². The number of hydrogen-bond donors (Lipinski definition) is 2. The Bertz CT molecular complexity index is 676. The fourth-order valence-corrected chi connectivity index (χ4v) is 2.44. The van der Waals surface area contributed by atoms with E-state index in [9.17, 15) is 19.2 Å². The molecule has 1 aromatic carbocycles. The molecule has 1 aliphatic rings. The van der Waals surface area contributed by atoms with Crippen molar-refractivity contribution in [3.63, 3.8) is 0 Å². The molecule has 0 spiro atoms. The van der Waals surface area contributed by atoms with Gasteiger partial charge in [0.15, 0.2) is 6.61 Å². The summed E-state index contributed by atoms with van der Waals surface area (Å²) in [5, 5.41) is 5.15. The zero-order chi connectivity index (χ0) is 18.4. The quantitative estimate of drug-likeness (QED) is 0.553. The highest BCUT2D eigenvalue weighted by atomic mass is 16.5. The topological polar surface area (TPSA) is 105 Å². The van der Waals surface area contributed by atoms with Gasteiger partial charge in [-0.15, -0.1) is 0 Å². The summed E-state index contributed by atoms with van der Waals surface area (Å²) in [6, 6.07) is 8.07. The van der Waals surface area contributed by atoms with Crippen LogP contribution in [0.4, 0.5) is 4.79 Å². The first-order chi connectivity index (χ1) is 11.9. The molecule has 0 bridgehead atoms. The molecule has 2 N–H and O–H groups in total. The third-order valence-corrected chi connectivity index (χ3v) is 3.85. The first-order valence-electron chi connectivity index (χ1n) is 8.00. The van der Waals surface area contributed by atoms with Gasteiger partial charge in [0.1, 0.15) is 12.1 Å². The number of amides is 4. The largest absolute Gasteiger partial charge is 0.454 e. The molecule has 4 amide bonds. The van der Waals surface area contributed by atoms with Crippen molar-refractivity contribution in [1.29, 1.82) is 0 Å². The maximum absolute atomic E-state index is 12.6. The van der Waals surface area contributed by atoms with Crippen LogP contribution in [0.25, 0.3) is 0 Å². The third-order valence-electron chi connectivity index (χ3n) is 3.85. The number of carbonyl (C=O) groups is 4. The Morgan fingerprint density at radius 1 is 1.24 bits per heavy atom. The summed E-state index contributed by atoms with van der Waals surface area (Å²) in [6.45, 7) is 2.96. The third kappa shape index (κ3) is 4.14. The van der Waals surface area contributed by atoms with Crippen molar-refractivity contribution in [1.82, 2.24) is 15.5 Å². The summed E-state index contributed by atoms with van der Waals surface area (Å²) in [7, 11) is 0. The molecule has 8 heteroatoms. The minimum Gasteiger partial charge on any atom is -0.454 e. The number of nitrogens with one attached hydrogen (secondary N) is 2. The maximum atomic E-state index is 12.6. The van der Waals surface area contributed by atoms with Crippen LogP contribution in [0.2, 0.25) is 0 Å². The van der Waals surface area contributed by atoms with Crippen LogP contribution in [0, 0.1) is 0 Å². The molecule has 1 aromatic rings. The number of esters is 1. The number of urea groups is 1. The molecular weight excluding hydrogens is 326 g/mol. The Morgan fingerprint density at radius 2 is 1.92 bits per heavy atom. The fourth-order valence-electron chi connectivity index (χ4n) is 2.44. The van der Waals surface area contributed by atoms with Gasteiger partial charge in [0.2, 0.25) is 0 Å². The van der Waals surface area contributed by atoms with Gasteiger partial charge >= 0.3 is 12.0 Å². The minimum atomic E-state index is -1.24. The second-order valence-corrected chi connectivity index (χ2v) is 5.82. The molecule has 0 radical (unpaired) electrons. The molecule has 134 valence electrons. The lowest BCUT2D eigenvalue weighted by atomic mass is 9.92. The molecular formula is C17H21N3O5. The van der Waals surface area contributed by atoms with Crippen molar-refractivity contribution in [2.45, 2.75) is 25.8 Å². The molecule has 0 unspecified atom stereocenters. The van der Waals surface area contributed by atoms with Crippen molar-refractivity contribution in [2.75, 3.05) is 19.7 Å². The van der Waals surface area contributed by atoms with E-state index < -0.39 is 42.5 Å². The van der Waals surface area contributed by atoms with Crippen molar-refractivity contribution < 1.29 is 23.9 Å². The Labute approximate surface area is 145 Å². The summed E-state index contributed by atoms with van der Waals surface area (Å²) in [5.74, 6) is -1.80. The van der Waals surface area contributed by atoms with Gasteiger partial charge in [0, 0.05) is 6.54 Å². The van der Waals surface area contributed by atoms with Crippen LogP contribution >= 0.6 is 0 Å². The Hall–Kier alpha value is -2.90. The number of benzene rings is 1. The van der Waals surface area contributed by atoms with Gasteiger partial charge in [-0.3, -0.25) is 19.3 Å². The molecule has 1 saturated heterocycles. The second kappa shape index (κ2) is 7.78. The molecule has 25 heavy (non-hydrogen) atoms. The molecule has 8 nitrogen and oxygen atoms in total. The summed E-state index contributed by atoms with van der Waals surface area (Å²) in [5.41, 5.74) is -0.625. The van der Waals surface area contributed by atoms with E-state index in [1.54, 1.807) is 37.3 Å². The lowest BCUT2D eigenvalue weighted by Gasteiger charge is -2.21. The molecule has 2 rings (SSSR count). The predicted octanol–water partition coefficient (Wildman–Crippen LogP) is 0.523. The van der Waals surface area contributed by atoms with Crippen LogP contribution in [-0.4, -0.2) is 48.4 Å². The van der Waals surface area contributed by atoms with Crippen LogP contribution in [0.3, 0.4) is 0 Å². The van der Waals surface area contributed by atoms with Crippen LogP contribution in [-0.2, 0) is 24.7 Å². The molecule has 1 fully saturated rings. The van der Waals surface area contributed by atoms with Gasteiger partial charge in [-0.2, -0.15) is 0 Å². The van der Waals surface area contributed by atoms with Gasteiger partial charge < -0.3 is 15.4 Å². The smallest absolute Gasteiger partial charge is 0.326 e. The zero-order valence-corrected chi connectivity index (χ0v) is 14.2. The van der Waals surface area contributed by atoms with E-state index in [0.717, 1.165) is 11.3 Å². The SMILES string of the molecule is CCCNC(=O)COC(=O)CN1C(=O)N[C@@](C)(c2ccccc2)C1=O. The van der Waals surface area contributed by atoms with E-state index >= 15 is 0 Å². The van der Waals surface area contributed by atoms with Crippen molar-refractivity contribution in [3.8, 4) is 0 Å². The maximum Gasteiger partial charge on any atom is 0.326 e. The highest BCUT2D eigenvalue weighted by molar-refractivity contribution is 6.08. The van der Waals surface area contributed by atoms with Crippen molar-refractivity contribution in [2.24, 2.45) is 0 Å². The van der Waals surface area contributed by atoms with Gasteiger partial charge in [-0.05, 0) is 18.9 Å². The zero-order valence-electron chi connectivity index (χ0n) is 14.2. The average Bonchev–Trinajstić information content (AvgIpc) is 2.83. The molecule has 0 aromatic heterocycles. The number of ether oxygens (including phenoxy) is 1. The van der Waals surface area contributed by atoms with E-state index in [0.29, 0.717) is 12.1 Å². The highest BCUT2D eigenvalue weighted by Gasteiger charge is 2.49.